The van der Waals surface area contributed by atoms with Crippen molar-refractivity contribution >= 4 is 26.8 Å². The van der Waals surface area contributed by atoms with Gasteiger partial charge < -0.3 is 5.73 Å². The molecule has 76 valence electrons. The van der Waals surface area contributed by atoms with Gasteiger partial charge in [-0.15, -0.1) is 0 Å². The fourth-order valence-electron chi connectivity index (χ4n) is 1.59. The van der Waals surface area contributed by atoms with Gasteiger partial charge in [0.15, 0.2) is 0 Å². The van der Waals surface area contributed by atoms with Crippen molar-refractivity contribution in [3.63, 3.8) is 0 Å². The zero-order valence-corrected chi connectivity index (χ0v) is 9.66. The van der Waals surface area contributed by atoms with Crippen molar-refractivity contribution in [2.24, 2.45) is 5.73 Å². The van der Waals surface area contributed by atoms with Crippen molar-refractivity contribution in [1.29, 1.82) is 0 Å². The summed E-state index contributed by atoms with van der Waals surface area (Å²) >= 11 is 3.43. The maximum absolute atomic E-state index is 6.06. The first-order valence-electron chi connectivity index (χ1n) is 4.89. The van der Waals surface area contributed by atoms with E-state index in [0.717, 1.165) is 34.0 Å². The molecule has 15 heavy (non-hydrogen) atoms. The van der Waals surface area contributed by atoms with Crippen LogP contribution in [0.5, 0.6) is 0 Å². The summed E-state index contributed by atoms with van der Waals surface area (Å²) in [5, 5.41) is 1.05. The Labute approximate surface area is 95.8 Å². The molecule has 3 rings (SSSR count). The Morgan fingerprint density at radius 3 is 2.87 bits per heavy atom. The fourth-order valence-corrected chi connectivity index (χ4v) is 1.94. The van der Waals surface area contributed by atoms with E-state index < -0.39 is 0 Å². The molecule has 0 atom stereocenters. The highest BCUT2D eigenvalue weighted by Gasteiger charge is 2.43. The van der Waals surface area contributed by atoms with Crippen LogP contribution in [0.2, 0.25) is 0 Å². The van der Waals surface area contributed by atoms with E-state index in [0.29, 0.717) is 0 Å². The molecule has 2 aromatic rings. The zero-order chi connectivity index (χ0) is 10.5. The summed E-state index contributed by atoms with van der Waals surface area (Å²) in [6.07, 6.45) is 3.83. The number of benzene rings is 1. The molecule has 3 nitrogen and oxygen atoms in total. The molecular weight excluding hydrogens is 254 g/mol. The largest absolute Gasteiger partial charge is 0.319 e. The summed E-state index contributed by atoms with van der Waals surface area (Å²) in [5.74, 6) is 0.771. The molecule has 0 amide bonds. The zero-order valence-electron chi connectivity index (χ0n) is 8.07. The lowest BCUT2D eigenvalue weighted by atomic mass is 10.2. The molecular formula is C11H10BrN3. The molecule has 1 fully saturated rings. The third-order valence-electron chi connectivity index (χ3n) is 2.78. The second-order valence-corrected chi connectivity index (χ2v) is 4.97. The topological polar surface area (TPSA) is 51.8 Å². The monoisotopic (exact) mass is 263 g/mol. The second-order valence-electron chi connectivity index (χ2n) is 4.05. The first-order valence-corrected chi connectivity index (χ1v) is 5.68. The highest BCUT2D eigenvalue weighted by Crippen LogP contribution is 2.40. The summed E-state index contributed by atoms with van der Waals surface area (Å²) in [5.41, 5.74) is 6.76. The van der Waals surface area contributed by atoms with E-state index in [1.165, 1.54) is 0 Å². The minimum absolute atomic E-state index is 0.253. The van der Waals surface area contributed by atoms with E-state index >= 15 is 0 Å². The summed E-state index contributed by atoms with van der Waals surface area (Å²) < 4.78 is 1.03. The van der Waals surface area contributed by atoms with E-state index in [2.05, 4.69) is 25.9 Å². The predicted molar refractivity (Wildman–Crippen MR) is 62.3 cm³/mol. The van der Waals surface area contributed by atoms with Crippen LogP contribution in [0.15, 0.2) is 28.9 Å². The number of fused-ring (bicyclic) bond motifs is 1. The number of halogens is 1. The number of nitrogens with two attached hydrogens (primary N) is 1. The first kappa shape index (κ1) is 9.24. The molecule has 1 aromatic carbocycles. The summed E-state index contributed by atoms with van der Waals surface area (Å²) in [6, 6.07) is 5.98. The average molecular weight is 264 g/mol. The lowest BCUT2D eigenvalue weighted by Crippen LogP contribution is -2.21. The van der Waals surface area contributed by atoms with Crippen molar-refractivity contribution in [2.75, 3.05) is 0 Å². The van der Waals surface area contributed by atoms with Gasteiger partial charge in [-0.2, -0.15) is 0 Å². The Hall–Kier alpha value is -1.00. The predicted octanol–water partition coefficient (Wildman–Crippen LogP) is 2.34. The normalized spacial score (nSPS) is 18.0. The molecule has 0 saturated heterocycles. The molecule has 1 heterocycles. The molecule has 1 saturated carbocycles. The number of aromatic nitrogens is 2. The molecule has 0 bridgehead atoms. The highest BCUT2D eigenvalue weighted by atomic mass is 79.9. The molecule has 4 heteroatoms. The van der Waals surface area contributed by atoms with Gasteiger partial charge in [0.1, 0.15) is 5.82 Å². The van der Waals surface area contributed by atoms with E-state index in [1.54, 1.807) is 0 Å². The quantitative estimate of drug-likeness (QED) is 0.860. The van der Waals surface area contributed by atoms with Crippen LogP contribution in [0.1, 0.15) is 18.7 Å². The van der Waals surface area contributed by atoms with Crippen LogP contribution >= 0.6 is 15.9 Å². The van der Waals surface area contributed by atoms with Crippen molar-refractivity contribution in [3.8, 4) is 0 Å². The van der Waals surface area contributed by atoms with Crippen LogP contribution in [0.4, 0.5) is 0 Å². The van der Waals surface area contributed by atoms with Gasteiger partial charge in [0.25, 0.3) is 0 Å². The van der Waals surface area contributed by atoms with Crippen molar-refractivity contribution in [3.05, 3.63) is 34.7 Å². The van der Waals surface area contributed by atoms with Crippen LogP contribution in [0.3, 0.4) is 0 Å². The third kappa shape index (κ3) is 1.54. The molecule has 0 aliphatic heterocycles. The van der Waals surface area contributed by atoms with Crippen molar-refractivity contribution in [1.82, 2.24) is 9.97 Å². The van der Waals surface area contributed by atoms with Gasteiger partial charge >= 0.3 is 0 Å². The Balaban J connectivity index is 2.20. The number of rotatable bonds is 1. The Morgan fingerprint density at radius 2 is 2.13 bits per heavy atom. The minimum atomic E-state index is -0.253. The van der Waals surface area contributed by atoms with E-state index in [1.807, 2.05) is 24.4 Å². The molecule has 1 aromatic heterocycles. The van der Waals surface area contributed by atoms with Gasteiger partial charge in [-0.3, -0.25) is 0 Å². The fraction of sp³-hybridized carbons (Fsp3) is 0.273. The molecule has 2 N–H and O–H groups in total. The summed E-state index contributed by atoms with van der Waals surface area (Å²) in [7, 11) is 0. The van der Waals surface area contributed by atoms with E-state index in [4.69, 9.17) is 5.73 Å². The smallest absolute Gasteiger partial charge is 0.148 e. The Morgan fingerprint density at radius 1 is 1.33 bits per heavy atom. The van der Waals surface area contributed by atoms with Gasteiger partial charge in [0, 0.05) is 16.1 Å². The summed E-state index contributed by atoms with van der Waals surface area (Å²) in [6.45, 7) is 0. The van der Waals surface area contributed by atoms with E-state index in [-0.39, 0.29) is 5.54 Å². The van der Waals surface area contributed by atoms with Crippen LogP contribution in [-0.2, 0) is 5.54 Å². The maximum Gasteiger partial charge on any atom is 0.148 e. The second kappa shape index (κ2) is 3.00. The maximum atomic E-state index is 6.06. The van der Waals surface area contributed by atoms with Gasteiger partial charge in [0.05, 0.1) is 11.1 Å². The van der Waals surface area contributed by atoms with Crippen LogP contribution in [-0.4, -0.2) is 9.97 Å². The van der Waals surface area contributed by atoms with Crippen molar-refractivity contribution < 1.29 is 0 Å². The minimum Gasteiger partial charge on any atom is -0.319 e. The Bertz CT molecular complexity index is 534. The number of hydrogen-bond acceptors (Lipinski definition) is 3. The van der Waals surface area contributed by atoms with Gasteiger partial charge in [-0.1, -0.05) is 22.0 Å². The lowest BCUT2D eigenvalue weighted by Gasteiger charge is -2.07. The number of hydrogen-bond donors (Lipinski definition) is 1. The third-order valence-corrected chi connectivity index (χ3v) is 3.27. The van der Waals surface area contributed by atoms with Gasteiger partial charge in [0.2, 0.25) is 0 Å². The van der Waals surface area contributed by atoms with Crippen LogP contribution < -0.4 is 5.73 Å². The Kier molecular flexibility index (Phi) is 1.85. The first-order chi connectivity index (χ1) is 7.17. The standard InChI is InChI=1S/C11H10BrN3/c12-8-2-1-7-6-14-10(11(13)3-4-11)15-9(7)5-8/h1-2,5-6H,3-4,13H2. The molecule has 1 aliphatic rings. The summed E-state index contributed by atoms with van der Waals surface area (Å²) in [4.78, 5) is 8.82. The van der Waals surface area contributed by atoms with Crippen LogP contribution in [0.25, 0.3) is 10.9 Å². The lowest BCUT2D eigenvalue weighted by molar-refractivity contribution is 0.677. The van der Waals surface area contributed by atoms with Crippen molar-refractivity contribution in [2.45, 2.75) is 18.4 Å². The van der Waals surface area contributed by atoms with Gasteiger partial charge in [-0.05, 0) is 25.0 Å². The molecule has 0 unspecified atom stereocenters. The van der Waals surface area contributed by atoms with Gasteiger partial charge in [-0.25, -0.2) is 9.97 Å². The SMILES string of the molecule is NC1(c2ncc3ccc(Br)cc3n2)CC1. The highest BCUT2D eigenvalue weighted by molar-refractivity contribution is 9.10. The average Bonchev–Trinajstić information content (AvgIpc) is 2.97. The molecule has 0 radical (unpaired) electrons. The van der Waals surface area contributed by atoms with Crippen LogP contribution in [0, 0.1) is 0 Å². The van der Waals surface area contributed by atoms with E-state index in [9.17, 15) is 0 Å². The number of nitrogens with zero attached hydrogens (tertiary/aromatic N) is 2. The molecule has 0 spiro atoms. The molecule has 1 aliphatic carbocycles.